The molecule has 1 aliphatic heterocycles. The Hall–Kier alpha value is -1.99. The summed E-state index contributed by atoms with van der Waals surface area (Å²) in [5.74, 6) is 0. The first-order valence-corrected chi connectivity index (χ1v) is 24.1. The van der Waals surface area contributed by atoms with Crippen LogP contribution >= 0.6 is 0 Å². The number of unbranched alkanes of at least 4 members (excludes halogenated alkanes) is 14. The van der Waals surface area contributed by atoms with Crippen LogP contribution in [0.4, 0.5) is 0 Å². The molecule has 0 aliphatic carbocycles. The number of rotatable bonds is 28. The molecule has 2 aromatic rings. The minimum atomic E-state index is 0. The number of allylic oxidation sites excluding steroid dienone is 2. The molecule has 1 aliphatic rings. The number of aryl methyl sites for hydroxylation is 4. The van der Waals surface area contributed by atoms with E-state index in [-0.39, 0.29) is 16.5 Å². The minimum absolute atomic E-state index is 0. The SMILES string of the molecule is CCCCCCCCC1=C(c2cc(CCCC)cc(CCCC)c2)[N+](=[N-])C(c2cc(CCCC)cc(CCCC)c2)=C1CCCCCC.[CH2-]CCC.[CH2-]CCC.[Ni+2]. The maximum atomic E-state index is 12.6. The Balaban J connectivity index is 0.00000317. The van der Waals surface area contributed by atoms with E-state index in [1.165, 1.54) is 173 Å². The molecule has 2 nitrogen and oxygen atoms in total. The Morgan fingerprint density at radius 1 is 0.368 bits per heavy atom. The fourth-order valence-corrected chi connectivity index (χ4v) is 7.50. The first kappa shape index (κ1) is 55.0. The molecule has 0 radical (unpaired) electrons. The summed E-state index contributed by atoms with van der Waals surface area (Å²) in [5, 5.41) is 0. The molecule has 0 saturated carbocycles. The van der Waals surface area contributed by atoms with Gasteiger partial charge in [0.25, 0.3) is 0 Å². The van der Waals surface area contributed by atoms with Crippen LogP contribution in [0.15, 0.2) is 47.5 Å². The van der Waals surface area contributed by atoms with Gasteiger partial charge in [-0.05, 0) is 124 Å². The van der Waals surface area contributed by atoms with Crippen molar-refractivity contribution in [1.29, 1.82) is 0 Å². The van der Waals surface area contributed by atoms with Crippen LogP contribution < -0.4 is 0 Å². The van der Waals surface area contributed by atoms with Crippen LogP contribution in [0.2, 0.25) is 0 Å². The van der Waals surface area contributed by atoms with Crippen molar-refractivity contribution in [3.05, 3.63) is 100 Å². The molecule has 3 heteroatoms. The molecule has 0 atom stereocenters. The zero-order valence-corrected chi connectivity index (χ0v) is 39.9. The predicted molar refractivity (Wildman–Crippen MR) is 252 cm³/mol. The third-order valence-corrected chi connectivity index (χ3v) is 11.1. The quantitative estimate of drug-likeness (QED) is 0.0353. The Morgan fingerprint density at radius 3 is 0.912 bits per heavy atom. The summed E-state index contributed by atoms with van der Waals surface area (Å²) in [4.78, 5) is 0. The van der Waals surface area contributed by atoms with Gasteiger partial charge in [-0.2, -0.15) is 12.8 Å². The third-order valence-electron chi connectivity index (χ3n) is 11.1. The zero-order valence-electron chi connectivity index (χ0n) is 38.9. The molecule has 57 heavy (non-hydrogen) atoms. The summed E-state index contributed by atoms with van der Waals surface area (Å²) in [6.07, 6.45) is 33.4. The third kappa shape index (κ3) is 21.7. The second kappa shape index (κ2) is 35.9. The van der Waals surface area contributed by atoms with Gasteiger partial charge in [0.05, 0.1) is 0 Å². The van der Waals surface area contributed by atoms with Crippen LogP contribution in [-0.4, -0.2) is 4.70 Å². The van der Waals surface area contributed by atoms with E-state index in [1.807, 2.05) is 0 Å². The summed E-state index contributed by atoms with van der Waals surface area (Å²) in [5.41, 5.74) is 25.7. The average Bonchev–Trinajstić information content (AvgIpc) is 3.50. The molecule has 0 fully saturated rings. The fraction of sp³-hybridized carbons (Fsp3) is 0.667. The van der Waals surface area contributed by atoms with Gasteiger partial charge in [0.15, 0.2) is 0 Å². The molecule has 0 amide bonds. The van der Waals surface area contributed by atoms with Crippen LogP contribution in [0, 0.1) is 13.8 Å². The minimum Gasteiger partial charge on any atom is -0.493 e. The molecule has 1 heterocycles. The van der Waals surface area contributed by atoms with E-state index in [1.54, 1.807) is 4.70 Å². The second-order valence-electron chi connectivity index (χ2n) is 16.5. The topological polar surface area (TPSA) is 25.3 Å². The van der Waals surface area contributed by atoms with Crippen molar-refractivity contribution in [1.82, 2.24) is 0 Å². The first-order valence-electron chi connectivity index (χ1n) is 24.1. The van der Waals surface area contributed by atoms with Crippen LogP contribution in [0.1, 0.15) is 243 Å². The van der Waals surface area contributed by atoms with E-state index in [4.69, 9.17) is 0 Å². The van der Waals surface area contributed by atoms with Crippen LogP contribution in [0.3, 0.4) is 0 Å². The maximum Gasteiger partial charge on any atom is 2.00 e. The molecule has 0 N–H and O–H groups in total. The van der Waals surface area contributed by atoms with Gasteiger partial charge < -0.3 is 19.4 Å². The monoisotopic (exact) mass is 825 g/mol. The normalized spacial score (nSPS) is 12.4. The second-order valence-corrected chi connectivity index (χ2v) is 16.5. The molecule has 3 rings (SSSR count). The van der Waals surface area contributed by atoms with Crippen LogP contribution in [-0.2, 0) is 42.2 Å². The van der Waals surface area contributed by atoms with Gasteiger partial charge in [-0.25, -0.2) is 4.70 Å². The van der Waals surface area contributed by atoms with Crippen molar-refractivity contribution in [2.75, 3.05) is 0 Å². The molecule has 326 valence electrons. The number of hydrogen-bond acceptors (Lipinski definition) is 0. The summed E-state index contributed by atoms with van der Waals surface area (Å²) in [6.45, 7) is 25.2. The standard InChI is InChI=1S/C46H72N2.2C4H9.Ni/c1-7-13-19-21-22-24-30-44-43(29-23-20-14-8-2)45(41-33-37(25-15-9-3)31-38(34-41)26-16-10-4)48(47)46(44)42-35-39(27-17-11-5)32-40(36-42)28-18-12-6;2*1-3-4-2;/h31-36H,7-30H2,1-6H3;2*1,3-4H2,2H3;/q;2*-1;+2. The van der Waals surface area contributed by atoms with Crippen molar-refractivity contribution in [3.8, 4) is 0 Å². The number of hydrogen-bond donors (Lipinski definition) is 0. The summed E-state index contributed by atoms with van der Waals surface area (Å²) in [6, 6.07) is 14.6. The van der Waals surface area contributed by atoms with Crippen LogP contribution in [0.5, 0.6) is 0 Å². The van der Waals surface area contributed by atoms with Gasteiger partial charge in [0.2, 0.25) is 11.4 Å². The van der Waals surface area contributed by atoms with E-state index in [0.717, 1.165) is 62.8 Å². The molecule has 0 aromatic heterocycles. The molecular weight excluding hydrogens is 735 g/mol. The zero-order chi connectivity index (χ0) is 41.4. The molecular formula is C54H90N2Ni. The smallest absolute Gasteiger partial charge is 0.493 e. The molecule has 0 saturated heterocycles. The van der Waals surface area contributed by atoms with E-state index >= 15 is 0 Å². The first-order chi connectivity index (χ1) is 27.3. The van der Waals surface area contributed by atoms with Gasteiger partial charge in [-0.1, -0.05) is 157 Å². The van der Waals surface area contributed by atoms with Crippen molar-refractivity contribution >= 4 is 11.4 Å². The summed E-state index contributed by atoms with van der Waals surface area (Å²) in [7, 11) is 0. The van der Waals surface area contributed by atoms with E-state index < -0.39 is 0 Å². The number of benzene rings is 2. The maximum absolute atomic E-state index is 12.6. The summed E-state index contributed by atoms with van der Waals surface area (Å²) < 4.78 is 1.67. The van der Waals surface area contributed by atoms with Crippen molar-refractivity contribution in [2.45, 2.75) is 235 Å². The van der Waals surface area contributed by atoms with E-state index in [0.29, 0.717) is 0 Å². The average molecular weight is 826 g/mol. The number of nitrogens with zero attached hydrogens (tertiary/aromatic N) is 2. The molecule has 0 bridgehead atoms. The Kier molecular flexibility index (Phi) is 34.7. The fourth-order valence-electron chi connectivity index (χ4n) is 7.50. The van der Waals surface area contributed by atoms with Crippen molar-refractivity contribution in [2.24, 2.45) is 0 Å². The Bertz CT molecular complexity index is 1320. The van der Waals surface area contributed by atoms with Gasteiger partial charge in [0, 0.05) is 22.3 Å². The predicted octanol–water partition coefficient (Wildman–Crippen LogP) is 18.2. The van der Waals surface area contributed by atoms with Crippen molar-refractivity contribution in [3.63, 3.8) is 0 Å². The van der Waals surface area contributed by atoms with Crippen molar-refractivity contribution < 1.29 is 21.2 Å². The Morgan fingerprint density at radius 2 is 0.632 bits per heavy atom. The van der Waals surface area contributed by atoms with Gasteiger partial charge in [-0.3, -0.25) is 0 Å². The largest absolute Gasteiger partial charge is 2.00 e. The van der Waals surface area contributed by atoms with E-state index in [2.05, 4.69) is 106 Å². The molecule has 0 unspecified atom stereocenters. The molecule has 2 aromatic carbocycles. The van der Waals surface area contributed by atoms with Gasteiger partial charge >= 0.3 is 16.5 Å². The Labute approximate surface area is 366 Å². The summed E-state index contributed by atoms with van der Waals surface area (Å²) >= 11 is 0. The van der Waals surface area contributed by atoms with Crippen LogP contribution in [0.25, 0.3) is 16.9 Å². The van der Waals surface area contributed by atoms with E-state index in [9.17, 15) is 5.53 Å². The molecule has 0 spiro atoms. The van der Waals surface area contributed by atoms with Gasteiger partial charge in [-0.15, -0.1) is 0 Å². The van der Waals surface area contributed by atoms with Gasteiger partial charge in [0.1, 0.15) is 0 Å².